The lowest BCUT2D eigenvalue weighted by Gasteiger charge is -2.25. The lowest BCUT2D eigenvalue weighted by molar-refractivity contribution is -0.126. The number of aliphatic hydroxyl groups excluding tert-OH is 1. The van der Waals surface area contributed by atoms with E-state index in [1.54, 1.807) is 13.0 Å². The highest BCUT2D eigenvalue weighted by Crippen LogP contribution is 2.28. The SMILES string of the molecule is CCN(C(C)=O)/C(SNc1ccc2cc(C(=O)NCCN3CCCC3)ccc2c1)=C(\N)C(=O)NCC(C)(C)CO. The zero-order valence-electron chi connectivity index (χ0n) is 23.9. The van der Waals surface area contributed by atoms with Gasteiger partial charge in [-0.15, -0.1) is 0 Å². The zero-order valence-corrected chi connectivity index (χ0v) is 24.7. The van der Waals surface area contributed by atoms with Crippen LogP contribution < -0.4 is 21.1 Å². The predicted molar refractivity (Wildman–Crippen MR) is 161 cm³/mol. The highest BCUT2D eigenvalue weighted by Gasteiger charge is 2.24. The molecular formula is C29H42N6O4S. The van der Waals surface area contributed by atoms with Gasteiger partial charge in [-0.1, -0.05) is 26.0 Å². The van der Waals surface area contributed by atoms with Gasteiger partial charge >= 0.3 is 0 Å². The Kier molecular flexibility index (Phi) is 11.2. The van der Waals surface area contributed by atoms with E-state index >= 15 is 0 Å². The minimum atomic E-state index is -0.518. The maximum absolute atomic E-state index is 12.8. The van der Waals surface area contributed by atoms with Gasteiger partial charge in [-0.25, -0.2) is 0 Å². The van der Waals surface area contributed by atoms with Crippen LogP contribution in [0.5, 0.6) is 0 Å². The van der Waals surface area contributed by atoms with Gasteiger partial charge in [0.05, 0.1) is 0 Å². The molecule has 0 aromatic heterocycles. The summed E-state index contributed by atoms with van der Waals surface area (Å²) in [5, 5.41) is 17.4. The lowest BCUT2D eigenvalue weighted by atomic mass is 9.95. The Morgan fingerprint density at radius 1 is 1.07 bits per heavy atom. The molecule has 11 heteroatoms. The van der Waals surface area contributed by atoms with Gasteiger partial charge in [0, 0.05) is 68.3 Å². The van der Waals surface area contributed by atoms with Crippen LogP contribution in [0.1, 0.15) is 50.9 Å². The number of nitrogens with two attached hydrogens (primary N) is 1. The number of carbonyl (C=O) groups excluding carboxylic acids is 3. The maximum Gasteiger partial charge on any atom is 0.269 e. The fraction of sp³-hybridized carbons (Fsp3) is 0.483. The molecule has 0 atom stereocenters. The number of benzene rings is 2. The molecule has 0 bridgehead atoms. The standard InChI is InChI=1S/C29H42N6O4S/c1-5-35(20(2)37)28(25(30)27(39)32-18-29(3,4)19-36)40-33-24-11-10-21-16-23(9-8-22(21)17-24)26(38)31-12-15-34-13-6-7-14-34/h8-11,16-17,33,36H,5-7,12-15,18-19,30H2,1-4H3,(H,31,38)(H,32,39)/b28-25+. The molecule has 40 heavy (non-hydrogen) atoms. The molecule has 0 saturated carbocycles. The van der Waals surface area contributed by atoms with E-state index in [-0.39, 0.29) is 35.7 Å². The molecule has 2 aromatic rings. The third-order valence-corrected chi connectivity index (χ3v) is 7.82. The smallest absolute Gasteiger partial charge is 0.269 e. The Balaban J connectivity index is 1.70. The van der Waals surface area contributed by atoms with Crippen molar-refractivity contribution in [2.45, 2.75) is 40.5 Å². The molecule has 0 spiro atoms. The predicted octanol–water partition coefficient (Wildman–Crippen LogP) is 2.86. The Labute approximate surface area is 240 Å². The number of anilines is 1. The topological polar surface area (TPSA) is 140 Å². The first-order valence-electron chi connectivity index (χ1n) is 13.7. The van der Waals surface area contributed by atoms with Crippen LogP contribution in [0, 0.1) is 5.41 Å². The molecular weight excluding hydrogens is 528 g/mol. The van der Waals surface area contributed by atoms with Crippen LogP contribution in [-0.2, 0) is 9.59 Å². The van der Waals surface area contributed by atoms with Gasteiger partial charge in [0.2, 0.25) is 5.91 Å². The second-order valence-corrected chi connectivity index (χ2v) is 11.6. The van der Waals surface area contributed by atoms with E-state index < -0.39 is 11.3 Å². The summed E-state index contributed by atoms with van der Waals surface area (Å²) in [6.07, 6.45) is 2.46. The van der Waals surface area contributed by atoms with Crippen molar-refractivity contribution in [1.82, 2.24) is 20.4 Å². The van der Waals surface area contributed by atoms with E-state index in [9.17, 15) is 19.5 Å². The van der Waals surface area contributed by atoms with Crippen LogP contribution in [0.3, 0.4) is 0 Å². The number of fused-ring (bicyclic) bond motifs is 1. The molecule has 1 saturated heterocycles. The van der Waals surface area contributed by atoms with Gasteiger partial charge < -0.3 is 36.0 Å². The summed E-state index contributed by atoms with van der Waals surface area (Å²) in [4.78, 5) is 41.6. The van der Waals surface area contributed by atoms with Gasteiger partial charge in [0.15, 0.2) is 0 Å². The van der Waals surface area contributed by atoms with Crippen molar-refractivity contribution >= 4 is 46.1 Å². The number of amides is 3. The Morgan fingerprint density at radius 3 is 2.40 bits per heavy atom. The lowest BCUT2D eigenvalue weighted by Crippen LogP contribution is -2.40. The van der Waals surface area contributed by atoms with Gasteiger partial charge in [-0.05, 0) is 67.9 Å². The molecule has 1 aliphatic rings. The van der Waals surface area contributed by atoms with E-state index in [1.165, 1.54) is 24.7 Å². The first-order valence-corrected chi connectivity index (χ1v) is 14.5. The first-order chi connectivity index (χ1) is 19.0. The average Bonchev–Trinajstić information content (AvgIpc) is 3.46. The molecule has 1 aliphatic heterocycles. The van der Waals surface area contributed by atoms with Crippen LogP contribution in [0.4, 0.5) is 5.69 Å². The molecule has 0 aliphatic carbocycles. The number of hydrogen-bond acceptors (Lipinski definition) is 8. The van der Waals surface area contributed by atoms with Crippen LogP contribution in [0.25, 0.3) is 10.8 Å². The fourth-order valence-electron chi connectivity index (χ4n) is 4.33. The van der Waals surface area contributed by atoms with Gasteiger partial charge in [0.25, 0.3) is 11.8 Å². The van der Waals surface area contributed by atoms with Crippen LogP contribution in [-0.4, -0.2) is 78.5 Å². The monoisotopic (exact) mass is 570 g/mol. The van der Waals surface area contributed by atoms with E-state index in [0.29, 0.717) is 18.7 Å². The summed E-state index contributed by atoms with van der Waals surface area (Å²) in [5.74, 6) is -0.855. The molecule has 0 radical (unpaired) electrons. The third kappa shape index (κ3) is 8.61. The van der Waals surface area contributed by atoms with Gasteiger partial charge in [-0.2, -0.15) is 0 Å². The normalized spacial score (nSPS) is 14.5. The number of rotatable bonds is 13. The average molecular weight is 571 g/mol. The second-order valence-electron chi connectivity index (χ2n) is 10.8. The Morgan fingerprint density at radius 2 is 1.75 bits per heavy atom. The minimum Gasteiger partial charge on any atom is -0.396 e. The minimum absolute atomic E-state index is 0.0892. The molecule has 1 fully saturated rings. The first kappa shape index (κ1) is 31.3. The number of carbonyl (C=O) groups is 3. The van der Waals surface area contributed by atoms with Crippen molar-refractivity contribution in [2.75, 3.05) is 50.6 Å². The van der Waals surface area contributed by atoms with Crippen molar-refractivity contribution in [3.05, 3.63) is 52.7 Å². The molecule has 0 unspecified atom stereocenters. The highest BCUT2D eigenvalue weighted by atomic mass is 32.2. The van der Waals surface area contributed by atoms with Crippen molar-refractivity contribution < 1.29 is 19.5 Å². The van der Waals surface area contributed by atoms with Crippen molar-refractivity contribution in [3.8, 4) is 0 Å². The molecule has 6 N–H and O–H groups in total. The van der Waals surface area contributed by atoms with Crippen molar-refractivity contribution in [3.63, 3.8) is 0 Å². The van der Waals surface area contributed by atoms with Gasteiger partial charge in [0.1, 0.15) is 10.7 Å². The number of aliphatic hydroxyl groups is 1. The molecule has 3 amide bonds. The summed E-state index contributed by atoms with van der Waals surface area (Å²) in [6, 6.07) is 11.3. The van der Waals surface area contributed by atoms with E-state index in [4.69, 9.17) is 5.73 Å². The third-order valence-electron chi connectivity index (χ3n) is 6.85. The van der Waals surface area contributed by atoms with Crippen LogP contribution in [0.15, 0.2) is 47.1 Å². The summed E-state index contributed by atoms with van der Waals surface area (Å²) >= 11 is 1.08. The van der Waals surface area contributed by atoms with Crippen LogP contribution in [0.2, 0.25) is 0 Å². The Hall–Kier alpha value is -3.28. The van der Waals surface area contributed by atoms with Crippen LogP contribution >= 0.6 is 11.9 Å². The molecule has 2 aromatic carbocycles. The molecule has 218 valence electrons. The number of likely N-dealkylation sites (tertiary alicyclic amines) is 1. The van der Waals surface area contributed by atoms with Crippen molar-refractivity contribution in [2.24, 2.45) is 11.1 Å². The van der Waals surface area contributed by atoms with E-state index in [1.807, 2.05) is 44.2 Å². The summed E-state index contributed by atoms with van der Waals surface area (Å²) in [7, 11) is 0. The number of hydrogen-bond donors (Lipinski definition) is 5. The number of nitrogens with zero attached hydrogens (tertiary/aromatic N) is 2. The zero-order chi connectivity index (χ0) is 29.3. The summed E-state index contributed by atoms with van der Waals surface area (Å²) < 4.78 is 3.20. The highest BCUT2D eigenvalue weighted by molar-refractivity contribution is 8.04. The Bertz CT molecular complexity index is 1240. The number of nitrogens with one attached hydrogen (secondary N) is 3. The summed E-state index contributed by atoms with van der Waals surface area (Å²) in [5.41, 5.74) is 6.98. The molecule has 1 heterocycles. The van der Waals surface area contributed by atoms with Gasteiger partial charge in [-0.3, -0.25) is 14.4 Å². The quantitative estimate of drug-likeness (QED) is 0.183. The molecule has 3 rings (SSSR count). The summed E-state index contributed by atoms with van der Waals surface area (Å²) in [6.45, 7) is 11.0. The molecule has 10 nitrogen and oxygen atoms in total. The fourth-order valence-corrected chi connectivity index (χ4v) is 5.24. The second kappa shape index (κ2) is 14.4. The largest absolute Gasteiger partial charge is 0.396 e. The maximum atomic E-state index is 12.8. The van der Waals surface area contributed by atoms with Crippen molar-refractivity contribution in [1.29, 1.82) is 0 Å². The van der Waals surface area contributed by atoms with E-state index in [2.05, 4.69) is 20.3 Å². The van der Waals surface area contributed by atoms with E-state index in [0.717, 1.165) is 48.0 Å².